The molecule has 2 heterocycles. The molecule has 2 N–H and O–H groups in total. The third kappa shape index (κ3) is 3.59. The minimum absolute atomic E-state index is 0.0386. The third-order valence-corrected chi connectivity index (χ3v) is 6.59. The predicted octanol–water partition coefficient (Wildman–Crippen LogP) is 3.24. The maximum absolute atomic E-state index is 15.4. The Morgan fingerprint density at radius 1 is 1.13 bits per heavy atom. The number of rotatable bonds is 5. The van der Waals surface area contributed by atoms with Crippen molar-refractivity contribution in [1.29, 1.82) is 0 Å². The molecule has 0 aliphatic carbocycles. The van der Waals surface area contributed by atoms with Gasteiger partial charge in [-0.2, -0.15) is 0 Å². The van der Waals surface area contributed by atoms with E-state index in [2.05, 4.69) is 9.97 Å². The summed E-state index contributed by atoms with van der Waals surface area (Å²) in [6.45, 7) is 0. The van der Waals surface area contributed by atoms with Crippen molar-refractivity contribution in [3.05, 3.63) is 76.5 Å². The lowest BCUT2D eigenvalue weighted by atomic mass is 10.0. The molecule has 9 nitrogen and oxygen atoms in total. The zero-order valence-electron chi connectivity index (χ0n) is 16.2. The van der Waals surface area contributed by atoms with Gasteiger partial charge < -0.3 is 10.3 Å². The molecule has 11 heteroatoms. The van der Waals surface area contributed by atoms with Gasteiger partial charge in [-0.15, -0.1) is 0 Å². The van der Waals surface area contributed by atoms with Crippen LogP contribution >= 0.6 is 0 Å². The van der Waals surface area contributed by atoms with Gasteiger partial charge in [-0.3, -0.25) is 10.1 Å². The molecule has 0 saturated carbocycles. The molecule has 0 unspecified atom stereocenters. The molecule has 0 amide bonds. The summed E-state index contributed by atoms with van der Waals surface area (Å²) in [6.07, 6.45) is 2.97. The Balaban J connectivity index is 1.76. The van der Waals surface area contributed by atoms with Gasteiger partial charge in [0.05, 0.1) is 21.0 Å². The Kier molecular flexibility index (Phi) is 4.90. The van der Waals surface area contributed by atoms with E-state index >= 15 is 4.39 Å². The first-order valence-electron chi connectivity index (χ1n) is 8.99. The molecule has 2 aromatic carbocycles. The van der Waals surface area contributed by atoms with Crippen molar-refractivity contribution in [3.8, 4) is 11.1 Å². The molecule has 0 aliphatic heterocycles. The van der Waals surface area contributed by atoms with Gasteiger partial charge >= 0.3 is 0 Å². The summed E-state index contributed by atoms with van der Waals surface area (Å²) in [5.41, 5.74) is 6.84. The maximum Gasteiger partial charge on any atom is 0.269 e. The molecule has 0 atom stereocenters. The minimum atomic E-state index is -3.94. The van der Waals surface area contributed by atoms with E-state index in [9.17, 15) is 18.5 Å². The van der Waals surface area contributed by atoms with Crippen molar-refractivity contribution in [2.24, 2.45) is 7.05 Å². The molecule has 4 aromatic rings. The van der Waals surface area contributed by atoms with Crippen LogP contribution in [0.25, 0.3) is 22.2 Å². The van der Waals surface area contributed by atoms with E-state index in [-0.39, 0.29) is 27.5 Å². The molecule has 0 saturated heterocycles. The highest BCUT2D eigenvalue weighted by Gasteiger charge is 2.22. The number of fused-ring (bicyclic) bond motifs is 1. The third-order valence-electron chi connectivity index (χ3n) is 4.90. The van der Waals surface area contributed by atoms with Crippen molar-refractivity contribution >= 4 is 32.4 Å². The monoisotopic (exact) mass is 441 g/mol. The van der Waals surface area contributed by atoms with Gasteiger partial charge in [0.2, 0.25) is 0 Å². The smallest absolute Gasteiger partial charge is 0.269 e. The van der Waals surface area contributed by atoms with Gasteiger partial charge in [-0.25, -0.2) is 22.8 Å². The van der Waals surface area contributed by atoms with Crippen LogP contribution in [-0.4, -0.2) is 27.9 Å². The Bertz CT molecular complexity index is 1430. The number of sulfone groups is 1. The zero-order chi connectivity index (χ0) is 22.3. The lowest BCUT2D eigenvalue weighted by Gasteiger charge is -2.09. The summed E-state index contributed by atoms with van der Waals surface area (Å²) in [6, 6.07) is 8.93. The van der Waals surface area contributed by atoms with Gasteiger partial charge in [0.25, 0.3) is 5.69 Å². The van der Waals surface area contributed by atoms with E-state index in [1.165, 1.54) is 18.5 Å². The number of benzene rings is 2. The Hall–Kier alpha value is -3.86. The van der Waals surface area contributed by atoms with Crippen LogP contribution in [0.3, 0.4) is 0 Å². The first kappa shape index (κ1) is 20.4. The normalized spacial score (nSPS) is 11.7. The number of aryl methyl sites for hydroxylation is 1. The van der Waals surface area contributed by atoms with Crippen LogP contribution in [0.2, 0.25) is 0 Å². The molecular weight excluding hydrogens is 425 g/mol. The summed E-state index contributed by atoms with van der Waals surface area (Å²) in [5.74, 6) is -1.13. The number of nitro groups is 1. The van der Waals surface area contributed by atoms with Gasteiger partial charge in [-0.05, 0) is 12.1 Å². The van der Waals surface area contributed by atoms with Gasteiger partial charge in [-0.1, -0.05) is 18.2 Å². The summed E-state index contributed by atoms with van der Waals surface area (Å²) in [5, 5.41) is 11.2. The summed E-state index contributed by atoms with van der Waals surface area (Å²) in [7, 11) is -2.20. The Morgan fingerprint density at radius 3 is 2.52 bits per heavy atom. The fourth-order valence-electron chi connectivity index (χ4n) is 3.40. The van der Waals surface area contributed by atoms with E-state index < -0.39 is 26.3 Å². The van der Waals surface area contributed by atoms with Gasteiger partial charge in [0.1, 0.15) is 23.6 Å². The maximum atomic E-state index is 15.4. The van der Waals surface area contributed by atoms with Gasteiger partial charge in [0.15, 0.2) is 9.84 Å². The summed E-state index contributed by atoms with van der Waals surface area (Å²) >= 11 is 0. The molecule has 0 spiro atoms. The number of anilines is 1. The van der Waals surface area contributed by atoms with Crippen LogP contribution in [0.4, 0.5) is 15.9 Å². The van der Waals surface area contributed by atoms with Crippen molar-refractivity contribution in [2.75, 3.05) is 5.73 Å². The summed E-state index contributed by atoms with van der Waals surface area (Å²) in [4.78, 5) is 18.1. The second-order valence-electron chi connectivity index (χ2n) is 6.90. The lowest BCUT2D eigenvalue weighted by molar-refractivity contribution is -0.384. The highest BCUT2D eigenvalue weighted by Crippen LogP contribution is 2.35. The van der Waals surface area contributed by atoms with Crippen molar-refractivity contribution in [3.63, 3.8) is 0 Å². The van der Waals surface area contributed by atoms with Crippen LogP contribution in [-0.2, 0) is 22.6 Å². The number of aromatic nitrogens is 3. The molecule has 0 aliphatic rings. The number of nitrogen functional groups attached to an aromatic ring is 1. The number of halogens is 1. The highest BCUT2D eigenvalue weighted by molar-refractivity contribution is 7.90. The zero-order valence-corrected chi connectivity index (χ0v) is 17.0. The van der Waals surface area contributed by atoms with E-state index in [0.29, 0.717) is 16.6 Å². The first-order chi connectivity index (χ1) is 14.7. The number of non-ortho nitro benzene ring substituents is 1. The van der Waals surface area contributed by atoms with Crippen LogP contribution in [0.1, 0.15) is 5.56 Å². The Labute approximate surface area is 176 Å². The van der Waals surface area contributed by atoms with Crippen LogP contribution in [0.5, 0.6) is 0 Å². The molecule has 2 aromatic heterocycles. The number of hydrogen-bond donors (Lipinski definition) is 1. The molecule has 0 radical (unpaired) electrons. The fraction of sp³-hybridized carbons (Fsp3) is 0.100. The second kappa shape index (κ2) is 7.43. The fourth-order valence-corrected chi connectivity index (χ4v) is 4.75. The molecular formula is C20H16FN5O4S. The molecule has 31 heavy (non-hydrogen) atoms. The number of nitrogens with zero attached hydrogens (tertiary/aromatic N) is 4. The first-order valence-corrected chi connectivity index (χ1v) is 10.6. The minimum Gasteiger partial charge on any atom is -0.383 e. The van der Waals surface area contributed by atoms with Crippen LogP contribution in [0.15, 0.2) is 59.9 Å². The quantitative estimate of drug-likeness (QED) is 0.371. The lowest BCUT2D eigenvalue weighted by Crippen LogP contribution is -2.07. The van der Waals surface area contributed by atoms with Crippen molar-refractivity contribution in [2.45, 2.75) is 10.6 Å². The molecule has 0 bridgehead atoms. The Morgan fingerprint density at radius 2 is 1.84 bits per heavy atom. The molecule has 158 valence electrons. The van der Waals surface area contributed by atoms with Crippen molar-refractivity contribution < 1.29 is 17.7 Å². The SMILES string of the molecule is Cn1cc(-c2cccc(CS(=O)(=O)c3ccc([N+](=O)[O-])cc3)c2F)c2c(N)ncnc21. The number of nitro benzene ring substituents is 1. The standard InChI is InChI=1S/C20H16FN5O4S/c1-25-9-16(17-19(22)23-11-24-20(17)25)15-4-2-3-12(18(15)21)10-31(29,30)14-7-5-13(6-8-14)26(27)28/h2-9,11H,10H2,1H3,(H2,22,23,24). The van der Waals surface area contributed by atoms with E-state index in [4.69, 9.17) is 5.73 Å². The van der Waals surface area contributed by atoms with E-state index in [1.54, 1.807) is 23.9 Å². The summed E-state index contributed by atoms with van der Waals surface area (Å²) < 4.78 is 42.6. The molecule has 0 fully saturated rings. The average molecular weight is 441 g/mol. The van der Waals surface area contributed by atoms with E-state index in [0.717, 1.165) is 24.3 Å². The largest absolute Gasteiger partial charge is 0.383 e. The highest BCUT2D eigenvalue weighted by atomic mass is 32.2. The van der Waals surface area contributed by atoms with Crippen molar-refractivity contribution in [1.82, 2.24) is 14.5 Å². The number of nitrogens with two attached hydrogens (primary N) is 1. The van der Waals surface area contributed by atoms with Crippen LogP contribution < -0.4 is 5.73 Å². The second-order valence-corrected chi connectivity index (χ2v) is 8.89. The average Bonchev–Trinajstić information content (AvgIpc) is 3.07. The van der Waals surface area contributed by atoms with E-state index in [1.807, 2.05) is 0 Å². The number of hydrogen-bond acceptors (Lipinski definition) is 7. The van der Waals surface area contributed by atoms with Crippen LogP contribution in [0, 0.1) is 15.9 Å². The molecule has 4 rings (SSSR count). The van der Waals surface area contributed by atoms with Gasteiger partial charge in [0, 0.05) is 42.1 Å². The topological polar surface area (TPSA) is 134 Å². The predicted molar refractivity (Wildman–Crippen MR) is 112 cm³/mol.